The molecule has 0 atom stereocenters. The molecule has 0 aliphatic carbocycles. The van der Waals surface area contributed by atoms with Crippen LogP contribution in [0.5, 0.6) is 0 Å². The van der Waals surface area contributed by atoms with Crippen LogP contribution in [0.2, 0.25) is 0 Å². The first kappa shape index (κ1) is 17.5. The molecule has 0 aliphatic rings. The summed E-state index contributed by atoms with van der Waals surface area (Å²) in [4.78, 5) is 8.56. The van der Waals surface area contributed by atoms with Crippen LogP contribution >= 0.6 is 0 Å². The fourth-order valence-corrected chi connectivity index (χ4v) is 1.93. The van der Waals surface area contributed by atoms with Gasteiger partial charge in [0, 0.05) is 0 Å². The van der Waals surface area contributed by atoms with Gasteiger partial charge in [-0.25, -0.2) is 4.79 Å². The van der Waals surface area contributed by atoms with Crippen molar-refractivity contribution in [2.75, 3.05) is 0 Å². The zero-order valence-corrected chi connectivity index (χ0v) is 12.7. The molecule has 1 aromatic rings. The Morgan fingerprint density at radius 1 is 1.16 bits per heavy atom. The van der Waals surface area contributed by atoms with E-state index in [4.69, 9.17) is 15.0 Å². The highest BCUT2D eigenvalue weighted by Gasteiger charge is 2.19. The minimum Gasteiger partial charge on any atom is -0.450 e. The Bertz CT molecular complexity index is 404. The van der Waals surface area contributed by atoms with E-state index in [2.05, 4.69) is 52.8 Å². The number of benzene rings is 1. The Hall–Kier alpha value is -1.51. The zero-order chi connectivity index (χ0) is 15.1. The molecule has 2 N–H and O–H groups in total. The van der Waals surface area contributed by atoms with Gasteiger partial charge >= 0.3 is 6.16 Å². The molecule has 19 heavy (non-hydrogen) atoms. The van der Waals surface area contributed by atoms with E-state index in [1.165, 1.54) is 36.0 Å². The maximum absolute atomic E-state index is 8.56. The molecular formula is C16H26O3. The summed E-state index contributed by atoms with van der Waals surface area (Å²) in [7, 11) is 0. The van der Waals surface area contributed by atoms with Gasteiger partial charge < -0.3 is 10.2 Å². The van der Waals surface area contributed by atoms with Crippen LogP contribution in [-0.2, 0) is 5.41 Å². The van der Waals surface area contributed by atoms with Crippen molar-refractivity contribution in [3.05, 3.63) is 34.9 Å². The molecule has 0 aromatic heterocycles. The molecular weight excluding hydrogens is 240 g/mol. The third-order valence-electron chi connectivity index (χ3n) is 3.44. The molecule has 0 amide bonds. The van der Waals surface area contributed by atoms with Gasteiger partial charge in [-0.3, -0.25) is 0 Å². The Balaban J connectivity index is 0.000000711. The van der Waals surface area contributed by atoms with Crippen molar-refractivity contribution in [1.82, 2.24) is 0 Å². The number of carbonyl (C=O) groups is 1. The molecule has 0 aliphatic heterocycles. The minimum absolute atomic E-state index is 0.328. The lowest BCUT2D eigenvalue weighted by atomic mass is 9.79. The third-order valence-corrected chi connectivity index (χ3v) is 3.44. The van der Waals surface area contributed by atoms with Gasteiger partial charge in [-0.2, -0.15) is 0 Å². The van der Waals surface area contributed by atoms with Crippen LogP contribution in [0.25, 0.3) is 0 Å². The van der Waals surface area contributed by atoms with E-state index in [0.717, 1.165) is 0 Å². The lowest BCUT2D eigenvalue weighted by Crippen LogP contribution is -2.17. The van der Waals surface area contributed by atoms with Crippen molar-refractivity contribution >= 4 is 6.16 Å². The predicted molar refractivity (Wildman–Crippen MR) is 79.1 cm³/mol. The van der Waals surface area contributed by atoms with E-state index in [1.807, 2.05) is 0 Å². The molecule has 108 valence electrons. The monoisotopic (exact) mass is 266 g/mol. The summed E-state index contributed by atoms with van der Waals surface area (Å²) in [6.07, 6.45) is 2.06. The molecule has 0 bridgehead atoms. The Morgan fingerprint density at radius 2 is 1.68 bits per heavy atom. The molecule has 1 aromatic carbocycles. The van der Waals surface area contributed by atoms with Gasteiger partial charge in [0.2, 0.25) is 0 Å². The first-order chi connectivity index (χ1) is 8.70. The summed E-state index contributed by atoms with van der Waals surface area (Å²) >= 11 is 0. The minimum atomic E-state index is -1.83. The molecule has 0 saturated carbocycles. The topological polar surface area (TPSA) is 57.5 Å². The van der Waals surface area contributed by atoms with E-state index in [9.17, 15) is 0 Å². The maximum Gasteiger partial charge on any atom is 0.503 e. The van der Waals surface area contributed by atoms with Crippen LogP contribution in [0.15, 0.2) is 18.2 Å². The van der Waals surface area contributed by atoms with Crippen molar-refractivity contribution in [2.45, 2.75) is 59.3 Å². The molecule has 3 heteroatoms. The summed E-state index contributed by atoms with van der Waals surface area (Å²) in [5.41, 5.74) is 4.62. The van der Waals surface area contributed by atoms with Gasteiger partial charge in [0.1, 0.15) is 0 Å². The van der Waals surface area contributed by atoms with Crippen LogP contribution in [0, 0.1) is 13.8 Å². The molecule has 0 fully saturated rings. The Kier molecular flexibility index (Phi) is 7.20. The summed E-state index contributed by atoms with van der Waals surface area (Å²) in [5, 5.41) is 13.9. The van der Waals surface area contributed by atoms with Crippen molar-refractivity contribution in [2.24, 2.45) is 0 Å². The Morgan fingerprint density at radius 3 is 2.11 bits per heavy atom. The van der Waals surface area contributed by atoms with Crippen molar-refractivity contribution < 1.29 is 15.0 Å². The van der Waals surface area contributed by atoms with E-state index in [0.29, 0.717) is 5.41 Å². The highest BCUT2D eigenvalue weighted by Crippen LogP contribution is 2.30. The van der Waals surface area contributed by atoms with Gasteiger partial charge in [-0.05, 0) is 42.4 Å². The molecule has 1 rings (SSSR count). The van der Waals surface area contributed by atoms with Crippen molar-refractivity contribution in [3.63, 3.8) is 0 Å². The number of rotatable bonds is 4. The first-order valence-corrected chi connectivity index (χ1v) is 6.70. The quantitative estimate of drug-likeness (QED) is 0.806. The molecule has 3 nitrogen and oxygen atoms in total. The second kappa shape index (κ2) is 7.82. The average molecular weight is 266 g/mol. The molecule has 0 heterocycles. The highest BCUT2D eigenvalue weighted by atomic mass is 16.6. The lowest BCUT2D eigenvalue weighted by molar-refractivity contribution is 0.137. The van der Waals surface area contributed by atoms with Gasteiger partial charge in [0.25, 0.3) is 0 Å². The van der Waals surface area contributed by atoms with E-state index in [-0.39, 0.29) is 0 Å². The zero-order valence-electron chi connectivity index (χ0n) is 12.7. The summed E-state index contributed by atoms with van der Waals surface area (Å²) < 4.78 is 0. The SMILES string of the molecule is CCCCC(C)(C)c1ccc(C)c(C)c1.O=C(O)O. The maximum atomic E-state index is 8.56. The number of aryl methyl sites for hydroxylation is 2. The fraction of sp³-hybridized carbons (Fsp3) is 0.562. The molecule has 0 radical (unpaired) electrons. The van der Waals surface area contributed by atoms with Gasteiger partial charge in [0.05, 0.1) is 0 Å². The molecule has 0 spiro atoms. The number of carboxylic acid groups (broad SMARTS) is 2. The van der Waals surface area contributed by atoms with Crippen molar-refractivity contribution in [1.29, 1.82) is 0 Å². The number of unbranched alkanes of at least 4 members (excludes halogenated alkanes) is 1. The van der Waals surface area contributed by atoms with Crippen LogP contribution in [0.1, 0.15) is 56.7 Å². The van der Waals surface area contributed by atoms with E-state index < -0.39 is 6.16 Å². The van der Waals surface area contributed by atoms with Crippen LogP contribution in [0.4, 0.5) is 4.79 Å². The molecule has 0 saturated heterocycles. The number of hydrogen-bond acceptors (Lipinski definition) is 1. The average Bonchev–Trinajstić information content (AvgIpc) is 2.29. The van der Waals surface area contributed by atoms with Crippen LogP contribution in [-0.4, -0.2) is 16.4 Å². The van der Waals surface area contributed by atoms with E-state index >= 15 is 0 Å². The van der Waals surface area contributed by atoms with Gasteiger partial charge in [-0.1, -0.05) is 51.8 Å². The summed E-state index contributed by atoms with van der Waals surface area (Å²) in [6.45, 7) is 11.4. The standard InChI is InChI=1S/C15H24.CH2O3/c1-6-7-10-15(4,5)14-9-8-12(2)13(3)11-14;2-1(3)4/h8-9,11H,6-7,10H2,1-5H3;(H2,2,3,4). The predicted octanol–water partition coefficient (Wildman–Crippen LogP) is 4.99. The fourth-order valence-electron chi connectivity index (χ4n) is 1.93. The van der Waals surface area contributed by atoms with Crippen molar-refractivity contribution in [3.8, 4) is 0 Å². The van der Waals surface area contributed by atoms with Crippen LogP contribution in [0.3, 0.4) is 0 Å². The number of hydrogen-bond donors (Lipinski definition) is 2. The van der Waals surface area contributed by atoms with Crippen LogP contribution < -0.4 is 0 Å². The van der Waals surface area contributed by atoms with Gasteiger partial charge in [0.15, 0.2) is 0 Å². The third kappa shape index (κ3) is 6.85. The smallest absolute Gasteiger partial charge is 0.450 e. The first-order valence-electron chi connectivity index (χ1n) is 6.70. The molecule has 0 unspecified atom stereocenters. The van der Waals surface area contributed by atoms with E-state index in [1.54, 1.807) is 0 Å². The second-order valence-electron chi connectivity index (χ2n) is 5.57. The van der Waals surface area contributed by atoms with Gasteiger partial charge in [-0.15, -0.1) is 0 Å². The largest absolute Gasteiger partial charge is 0.503 e. The summed E-state index contributed by atoms with van der Waals surface area (Å²) in [5.74, 6) is 0. The normalized spacial score (nSPS) is 10.6. The summed E-state index contributed by atoms with van der Waals surface area (Å²) in [6, 6.07) is 6.89. The highest BCUT2D eigenvalue weighted by molar-refractivity contribution is 5.53. The lowest BCUT2D eigenvalue weighted by Gasteiger charge is -2.26. The Labute approximate surface area is 116 Å². The second-order valence-corrected chi connectivity index (χ2v) is 5.57.